The molecule has 2 aliphatic rings. The fraction of sp³-hybridized carbons (Fsp3) is 0.364. The summed E-state index contributed by atoms with van der Waals surface area (Å²) < 4.78 is 52.9. The Hall–Kier alpha value is -2.52. The maximum Gasteiger partial charge on any atom is 0.254 e. The molecule has 1 heterocycles. The van der Waals surface area contributed by atoms with Crippen molar-refractivity contribution in [2.45, 2.75) is 35.6 Å². The van der Waals surface area contributed by atoms with Crippen molar-refractivity contribution in [3.8, 4) is 0 Å². The van der Waals surface area contributed by atoms with E-state index in [0.717, 1.165) is 18.4 Å². The van der Waals surface area contributed by atoms with Crippen LogP contribution < -0.4 is 5.73 Å². The predicted octanol–water partition coefficient (Wildman–Crippen LogP) is 3.29. The number of sulfone groups is 1. The first-order chi connectivity index (χ1) is 15.0. The number of primary amides is 1. The summed E-state index contributed by atoms with van der Waals surface area (Å²) in [6.45, 7) is 0.172. The molecule has 170 valence electrons. The lowest BCUT2D eigenvalue weighted by Gasteiger charge is -2.55. The number of likely N-dealkylation sites (tertiary alicyclic amines) is 1. The molecule has 2 aromatic carbocycles. The van der Waals surface area contributed by atoms with Crippen molar-refractivity contribution in [3.05, 3.63) is 64.2 Å². The fourth-order valence-corrected chi connectivity index (χ4v) is 5.42. The smallest absolute Gasteiger partial charge is 0.254 e. The van der Waals surface area contributed by atoms with E-state index < -0.39 is 44.7 Å². The number of carbonyl (C=O) groups is 2. The molecule has 2 fully saturated rings. The van der Waals surface area contributed by atoms with Crippen LogP contribution in [0, 0.1) is 17.6 Å². The van der Waals surface area contributed by atoms with E-state index in [1.165, 1.54) is 29.2 Å². The molecule has 1 aliphatic heterocycles. The highest BCUT2D eigenvalue weighted by molar-refractivity contribution is 7.90. The lowest BCUT2D eigenvalue weighted by molar-refractivity contribution is -0.139. The molecule has 2 aromatic rings. The summed E-state index contributed by atoms with van der Waals surface area (Å²) in [5.74, 6) is -4.01. The van der Waals surface area contributed by atoms with Gasteiger partial charge in [-0.25, -0.2) is 17.2 Å². The van der Waals surface area contributed by atoms with Gasteiger partial charge in [0.1, 0.15) is 17.2 Å². The third-order valence-corrected chi connectivity index (χ3v) is 7.76. The third kappa shape index (κ3) is 3.67. The first-order valence-corrected chi connectivity index (χ1v) is 12.3. The van der Waals surface area contributed by atoms with Crippen LogP contribution in [0.3, 0.4) is 0 Å². The fourth-order valence-electron chi connectivity index (χ4n) is 4.60. The van der Waals surface area contributed by atoms with Gasteiger partial charge in [0.15, 0.2) is 9.84 Å². The van der Waals surface area contributed by atoms with Crippen molar-refractivity contribution in [1.29, 1.82) is 0 Å². The van der Waals surface area contributed by atoms with Gasteiger partial charge in [-0.1, -0.05) is 17.7 Å². The molecule has 4 rings (SSSR count). The molecule has 0 bridgehead atoms. The summed E-state index contributed by atoms with van der Waals surface area (Å²) in [6, 6.07) is 7.30. The van der Waals surface area contributed by atoms with E-state index in [1.54, 1.807) is 0 Å². The second-order valence-corrected chi connectivity index (χ2v) is 10.8. The quantitative estimate of drug-likeness (QED) is 0.639. The highest BCUT2D eigenvalue weighted by Gasteiger charge is 2.61. The Balaban J connectivity index is 1.80. The molecule has 0 spiro atoms. The lowest BCUT2D eigenvalue weighted by atomic mass is 9.67. The molecule has 1 aliphatic carbocycles. The monoisotopic (exact) mass is 482 g/mol. The maximum atomic E-state index is 14.9. The summed E-state index contributed by atoms with van der Waals surface area (Å²) in [6.07, 6.45) is 2.56. The van der Waals surface area contributed by atoms with Crippen molar-refractivity contribution >= 4 is 33.3 Å². The van der Waals surface area contributed by atoms with Crippen LogP contribution in [0.15, 0.2) is 41.3 Å². The first kappa shape index (κ1) is 22.7. The molecule has 0 radical (unpaired) electrons. The molecular formula is C22H21ClF2N2O4S. The topological polar surface area (TPSA) is 97.5 Å². The van der Waals surface area contributed by atoms with E-state index in [2.05, 4.69) is 0 Å². The number of benzene rings is 2. The molecule has 10 heteroatoms. The number of hydrogen-bond donors (Lipinski definition) is 1. The molecule has 32 heavy (non-hydrogen) atoms. The summed E-state index contributed by atoms with van der Waals surface area (Å²) in [4.78, 5) is 27.3. The van der Waals surface area contributed by atoms with Crippen molar-refractivity contribution in [2.24, 2.45) is 11.7 Å². The van der Waals surface area contributed by atoms with Crippen molar-refractivity contribution in [1.82, 2.24) is 4.90 Å². The van der Waals surface area contributed by atoms with Crippen LogP contribution in [0.4, 0.5) is 8.78 Å². The molecule has 2 atom stereocenters. The predicted molar refractivity (Wildman–Crippen MR) is 114 cm³/mol. The van der Waals surface area contributed by atoms with Crippen LogP contribution in [0.1, 0.15) is 41.1 Å². The molecule has 6 nitrogen and oxygen atoms in total. The second kappa shape index (κ2) is 7.81. The van der Waals surface area contributed by atoms with E-state index >= 15 is 0 Å². The summed E-state index contributed by atoms with van der Waals surface area (Å²) in [7, 11) is -3.56. The van der Waals surface area contributed by atoms with E-state index in [-0.39, 0.29) is 39.9 Å². The standard InChI is InChI=1S/C22H21ClF2N2O4S/c1-32(30,31)14-4-2-3-13(9-14)20(28)27-8-7-22(27,21(26)29)19(12-5-6-12)15-10-18(25)16(23)11-17(15)24/h2-4,9-12,19H,5-8H2,1H3,(H2,26,29)/t19-,22?/m1/s1. The Kier molecular flexibility index (Phi) is 5.53. The van der Waals surface area contributed by atoms with E-state index in [0.29, 0.717) is 12.8 Å². The second-order valence-electron chi connectivity index (χ2n) is 8.40. The molecule has 1 saturated carbocycles. The normalized spacial score (nSPS) is 21.7. The van der Waals surface area contributed by atoms with Gasteiger partial charge in [0.25, 0.3) is 5.91 Å². The number of halogens is 3. The Morgan fingerprint density at radius 3 is 2.41 bits per heavy atom. The Morgan fingerprint density at radius 1 is 1.19 bits per heavy atom. The van der Waals surface area contributed by atoms with Gasteiger partial charge >= 0.3 is 0 Å². The first-order valence-electron chi connectivity index (χ1n) is 10.0. The van der Waals surface area contributed by atoms with Crippen LogP contribution in [0.2, 0.25) is 5.02 Å². The van der Waals surface area contributed by atoms with Crippen LogP contribution in [0.5, 0.6) is 0 Å². The number of nitrogens with two attached hydrogens (primary N) is 1. The highest BCUT2D eigenvalue weighted by atomic mass is 35.5. The van der Waals surface area contributed by atoms with Gasteiger partial charge in [-0.3, -0.25) is 9.59 Å². The minimum atomic E-state index is -3.56. The van der Waals surface area contributed by atoms with Crippen LogP contribution in [0.25, 0.3) is 0 Å². The van der Waals surface area contributed by atoms with Gasteiger partial charge < -0.3 is 10.6 Å². The van der Waals surface area contributed by atoms with Gasteiger partial charge in [0.05, 0.1) is 9.92 Å². The lowest BCUT2D eigenvalue weighted by Crippen LogP contribution is -2.71. The highest BCUT2D eigenvalue weighted by Crippen LogP contribution is 2.55. The zero-order chi connectivity index (χ0) is 23.4. The van der Waals surface area contributed by atoms with Crippen molar-refractivity contribution < 1.29 is 26.8 Å². The van der Waals surface area contributed by atoms with E-state index in [1.807, 2.05) is 0 Å². The SMILES string of the molecule is CS(=O)(=O)c1cccc(C(=O)N2CCC2(C(N)=O)[C@@H](c2cc(F)c(Cl)cc2F)C2CC2)c1. The minimum absolute atomic E-state index is 0.0434. The minimum Gasteiger partial charge on any atom is -0.368 e. The number of amides is 2. The van der Waals surface area contributed by atoms with Crippen molar-refractivity contribution in [3.63, 3.8) is 0 Å². The zero-order valence-corrected chi connectivity index (χ0v) is 18.7. The molecular weight excluding hydrogens is 462 g/mol. The summed E-state index contributed by atoms with van der Waals surface area (Å²) >= 11 is 5.70. The molecule has 2 N–H and O–H groups in total. The largest absolute Gasteiger partial charge is 0.368 e. The molecule has 0 aromatic heterocycles. The third-order valence-electron chi connectivity index (χ3n) is 6.36. The molecule has 1 unspecified atom stereocenters. The van der Waals surface area contributed by atoms with Crippen LogP contribution in [-0.2, 0) is 14.6 Å². The van der Waals surface area contributed by atoms with E-state index in [9.17, 15) is 26.8 Å². The summed E-state index contributed by atoms with van der Waals surface area (Å²) in [5.41, 5.74) is 4.25. The summed E-state index contributed by atoms with van der Waals surface area (Å²) in [5, 5.41) is -0.381. The maximum absolute atomic E-state index is 14.9. The Labute approximate surface area is 189 Å². The Morgan fingerprint density at radius 2 is 1.88 bits per heavy atom. The van der Waals surface area contributed by atoms with Gasteiger partial charge in [-0.15, -0.1) is 0 Å². The Bertz CT molecular complexity index is 1230. The average Bonchev–Trinajstić information content (AvgIpc) is 3.52. The van der Waals surface area contributed by atoms with Crippen LogP contribution >= 0.6 is 11.6 Å². The molecule has 2 amide bonds. The number of rotatable bonds is 6. The average molecular weight is 483 g/mol. The van der Waals surface area contributed by atoms with Gasteiger partial charge in [0, 0.05) is 24.3 Å². The van der Waals surface area contributed by atoms with Gasteiger partial charge in [-0.2, -0.15) is 0 Å². The van der Waals surface area contributed by atoms with Crippen molar-refractivity contribution in [2.75, 3.05) is 12.8 Å². The van der Waals surface area contributed by atoms with Crippen LogP contribution in [-0.4, -0.2) is 43.5 Å². The number of carbonyl (C=O) groups excluding carboxylic acids is 2. The van der Waals surface area contributed by atoms with Gasteiger partial charge in [0.2, 0.25) is 5.91 Å². The number of hydrogen-bond acceptors (Lipinski definition) is 4. The van der Waals surface area contributed by atoms with Gasteiger partial charge in [-0.05, 0) is 61.1 Å². The molecule has 1 saturated heterocycles. The number of nitrogens with zero attached hydrogens (tertiary/aromatic N) is 1. The van der Waals surface area contributed by atoms with E-state index in [4.69, 9.17) is 17.3 Å². The zero-order valence-electron chi connectivity index (χ0n) is 17.1.